The maximum atomic E-state index is 5.18. The highest BCUT2D eigenvalue weighted by molar-refractivity contribution is 9.10. The van der Waals surface area contributed by atoms with Crippen molar-refractivity contribution in [2.75, 3.05) is 7.11 Å². The molecule has 0 unspecified atom stereocenters. The zero-order chi connectivity index (χ0) is 13.4. The van der Waals surface area contributed by atoms with Gasteiger partial charge in [-0.05, 0) is 42.5 Å². The average Bonchev–Trinajstić information content (AvgIpc) is 2.76. The van der Waals surface area contributed by atoms with Crippen molar-refractivity contribution < 1.29 is 4.74 Å². The number of fused-ring (bicyclic) bond motifs is 1. The molecule has 19 heavy (non-hydrogen) atoms. The van der Waals surface area contributed by atoms with Crippen LogP contribution in [0.2, 0.25) is 0 Å². The van der Waals surface area contributed by atoms with Crippen LogP contribution in [0.3, 0.4) is 0 Å². The van der Waals surface area contributed by atoms with Crippen molar-refractivity contribution in [1.82, 2.24) is 9.55 Å². The predicted octanol–water partition coefficient (Wildman–Crippen LogP) is 4.01. The standard InChI is InChI=1S/C15H13BrN2O/c1-18-14-9-11(16)5-8-13(14)17-15(18)10-3-6-12(19-2)7-4-10/h3-9H,1-2H3. The second-order valence-electron chi connectivity index (χ2n) is 4.36. The molecule has 4 heteroatoms. The molecule has 2 aromatic carbocycles. The van der Waals surface area contributed by atoms with Gasteiger partial charge >= 0.3 is 0 Å². The van der Waals surface area contributed by atoms with Crippen molar-refractivity contribution >= 4 is 27.0 Å². The van der Waals surface area contributed by atoms with E-state index in [0.717, 1.165) is 32.6 Å². The number of aromatic nitrogens is 2. The summed E-state index contributed by atoms with van der Waals surface area (Å²) in [6.07, 6.45) is 0. The first-order chi connectivity index (χ1) is 9.19. The summed E-state index contributed by atoms with van der Waals surface area (Å²) in [6.45, 7) is 0. The summed E-state index contributed by atoms with van der Waals surface area (Å²) < 4.78 is 8.34. The molecule has 1 aromatic heterocycles. The SMILES string of the molecule is COc1ccc(-c2nc3ccc(Br)cc3n2C)cc1. The van der Waals surface area contributed by atoms with Crippen molar-refractivity contribution in [3.05, 3.63) is 46.9 Å². The van der Waals surface area contributed by atoms with Gasteiger partial charge in [0.2, 0.25) is 0 Å². The smallest absolute Gasteiger partial charge is 0.140 e. The molecular weight excluding hydrogens is 304 g/mol. The van der Waals surface area contributed by atoms with Gasteiger partial charge in [0.05, 0.1) is 18.1 Å². The number of imidazole rings is 1. The number of hydrogen-bond acceptors (Lipinski definition) is 2. The lowest BCUT2D eigenvalue weighted by molar-refractivity contribution is 0.415. The Bertz CT molecular complexity index is 732. The highest BCUT2D eigenvalue weighted by Crippen LogP contribution is 2.27. The van der Waals surface area contributed by atoms with Crippen LogP contribution in [0.5, 0.6) is 5.75 Å². The van der Waals surface area contributed by atoms with E-state index in [2.05, 4.69) is 31.5 Å². The molecule has 0 spiro atoms. The van der Waals surface area contributed by atoms with Gasteiger partial charge < -0.3 is 9.30 Å². The maximum Gasteiger partial charge on any atom is 0.140 e. The summed E-state index contributed by atoms with van der Waals surface area (Å²) in [5.41, 5.74) is 3.19. The van der Waals surface area contributed by atoms with Gasteiger partial charge in [0.15, 0.2) is 0 Å². The van der Waals surface area contributed by atoms with E-state index < -0.39 is 0 Å². The van der Waals surface area contributed by atoms with E-state index in [1.54, 1.807) is 7.11 Å². The van der Waals surface area contributed by atoms with Crippen LogP contribution >= 0.6 is 15.9 Å². The Morgan fingerprint density at radius 3 is 2.53 bits per heavy atom. The topological polar surface area (TPSA) is 27.1 Å². The Balaban J connectivity index is 2.16. The van der Waals surface area contributed by atoms with Crippen molar-refractivity contribution in [2.24, 2.45) is 7.05 Å². The first-order valence-corrected chi connectivity index (χ1v) is 6.75. The fourth-order valence-electron chi connectivity index (χ4n) is 2.16. The minimum absolute atomic E-state index is 0.852. The summed E-state index contributed by atoms with van der Waals surface area (Å²) in [4.78, 5) is 4.68. The largest absolute Gasteiger partial charge is 0.497 e. The predicted molar refractivity (Wildman–Crippen MR) is 80.4 cm³/mol. The fourth-order valence-corrected chi connectivity index (χ4v) is 2.51. The minimum atomic E-state index is 0.852. The molecule has 0 saturated heterocycles. The van der Waals surface area contributed by atoms with E-state index >= 15 is 0 Å². The Labute approximate surface area is 120 Å². The van der Waals surface area contributed by atoms with E-state index in [4.69, 9.17) is 4.74 Å². The lowest BCUT2D eigenvalue weighted by Gasteiger charge is -2.04. The molecule has 0 aliphatic rings. The molecule has 0 amide bonds. The van der Waals surface area contributed by atoms with Crippen molar-refractivity contribution in [3.8, 4) is 17.1 Å². The second kappa shape index (κ2) is 4.70. The molecule has 1 heterocycles. The Morgan fingerprint density at radius 1 is 1.11 bits per heavy atom. The van der Waals surface area contributed by atoms with Crippen LogP contribution in [-0.2, 0) is 7.05 Å². The zero-order valence-electron chi connectivity index (χ0n) is 10.7. The number of nitrogens with zero attached hydrogens (tertiary/aromatic N) is 2. The number of hydrogen-bond donors (Lipinski definition) is 0. The normalized spacial score (nSPS) is 10.9. The maximum absolute atomic E-state index is 5.18. The molecule has 96 valence electrons. The van der Waals surface area contributed by atoms with Crippen LogP contribution < -0.4 is 4.74 Å². The number of rotatable bonds is 2. The van der Waals surface area contributed by atoms with E-state index in [-0.39, 0.29) is 0 Å². The Morgan fingerprint density at radius 2 is 1.84 bits per heavy atom. The van der Waals surface area contributed by atoms with Gasteiger partial charge in [-0.15, -0.1) is 0 Å². The highest BCUT2D eigenvalue weighted by Gasteiger charge is 2.10. The Kier molecular flexibility index (Phi) is 3.03. The number of halogens is 1. The van der Waals surface area contributed by atoms with Crippen LogP contribution in [0.15, 0.2) is 46.9 Å². The molecule has 0 aliphatic carbocycles. The van der Waals surface area contributed by atoms with E-state index in [1.807, 2.05) is 43.4 Å². The van der Waals surface area contributed by atoms with E-state index in [0.29, 0.717) is 0 Å². The molecule has 0 N–H and O–H groups in total. The lowest BCUT2D eigenvalue weighted by atomic mass is 10.2. The first-order valence-electron chi connectivity index (χ1n) is 5.95. The molecule has 3 rings (SSSR count). The van der Waals surface area contributed by atoms with Crippen LogP contribution in [0.4, 0.5) is 0 Å². The molecular formula is C15H13BrN2O. The molecule has 0 bridgehead atoms. The van der Waals surface area contributed by atoms with Crippen LogP contribution in [-0.4, -0.2) is 16.7 Å². The monoisotopic (exact) mass is 316 g/mol. The molecule has 3 aromatic rings. The number of aryl methyl sites for hydroxylation is 1. The van der Waals surface area contributed by atoms with Crippen molar-refractivity contribution in [3.63, 3.8) is 0 Å². The molecule has 0 radical (unpaired) electrons. The molecule has 0 aliphatic heterocycles. The second-order valence-corrected chi connectivity index (χ2v) is 5.27. The number of benzene rings is 2. The van der Waals surface area contributed by atoms with E-state index in [9.17, 15) is 0 Å². The summed E-state index contributed by atoms with van der Waals surface area (Å²) in [6, 6.07) is 14.0. The zero-order valence-corrected chi connectivity index (χ0v) is 12.3. The summed E-state index contributed by atoms with van der Waals surface area (Å²) >= 11 is 3.49. The lowest BCUT2D eigenvalue weighted by Crippen LogP contribution is -1.92. The minimum Gasteiger partial charge on any atom is -0.497 e. The summed E-state index contributed by atoms with van der Waals surface area (Å²) in [7, 11) is 3.70. The van der Waals surface area contributed by atoms with Crippen molar-refractivity contribution in [2.45, 2.75) is 0 Å². The Hall–Kier alpha value is -1.81. The summed E-state index contributed by atoms with van der Waals surface area (Å²) in [5.74, 6) is 1.81. The van der Waals surface area contributed by atoms with Gasteiger partial charge in [-0.2, -0.15) is 0 Å². The van der Waals surface area contributed by atoms with Crippen LogP contribution in [0, 0.1) is 0 Å². The third-order valence-electron chi connectivity index (χ3n) is 3.19. The quantitative estimate of drug-likeness (QED) is 0.714. The van der Waals surface area contributed by atoms with Gasteiger partial charge in [0.1, 0.15) is 11.6 Å². The fraction of sp³-hybridized carbons (Fsp3) is 0.133. The summed E-state index contributed by atoms with van der Waals surface area (Å²) in [5, 5.41) is 0. The van der Waals surface area contributed by atoms with Crippen LogP contribution in [0.25, 0.3) is 22.4 Å². The molecule has 0 fully saturated rings. The first kappa shape index (κ1) is 12.2. The van der Waals surface area contributed by atoms with Gasteiger partial charge in [0.25, 0.3) is 0 Å². The van der Waals surface area contributed by atoms with Gasteiger partial charge in [-0.25, -0.2) is 4.98 Å². The third-order valence-corrected chi connectivity index (χ3v) is 3.68. The van der Waals surface area contributed by atoms with Gasteiger partial charge in [-0.3, -0.25) is 0 Å². The molecule has 0 atom stereocenters. The van der Waals surface area contributed by atoms with Crippen LogP contribution in [0.1, 0.15) is 0 Å². The number of ether oxygens (including phenoxy) is 1. The molecule has 0 saturated carbocycles. The van der Waals surface area contributed by atoms with Gasteiger partial charge in [-0.1, -0.05) is 15.9 Å². The average molecular weight is 317 g/mol. The third kappa shape index (κ3) is 2.12. The van der Waals surface area contributed by atoms with E-state index in [1.165, 1.54) is 0 Å². The van der Waals surface area contributed by atoms with Gasteiger partial charge in [0, 0.05) is 17.1 Å². The highest BCUT2D eigenvalue weighted by atomic mass is 79.9. The number of methoxy groups -OCH3 is 1. The molecule has 3 nitrogen and oxygen atoms in total. The van der Waals surface area contributed by atoms with Crippen molar-refractivity contribution in [1.29, 1.82) is 0 Å².